The number of carboxylic acids is 1. The maximum absolute atomic E-state index is 10.9. The van der Waals surface area contributed by atoms with Crippen molar-refractivity contribution in [3.63, 3.8) is 0 Å². The first-order valence-corrected chi connectivity index (χ1v) is 7.54. The first-order chi connectivity index (χ1) is 9.90. The lowest BCUT2D eigenvalue weighted by Crippen LogP contribution is -2.03. The average molecular weight is 285 g/mol. The van der Waals surface area contributed by atoms with Gasteiger partial charge in [0.1, 0.15) is 0 Å². The summed E-state index contributed by atoms with van der Waals surface area (Å²) in [5.74, 6) is -0.0276. The zero-order valence-electron chi connectivity index (χ0n) is 13.2. The van der Waals surface area contributed by atoms with Crippen LogP contribution in [0.1, 0.15) is 62.8 Å². The van der Waals surface area contributed by atoms with E-state index >= 15 is 0 Å². The first kappa shape index (κ1) is 15.5. The molecular weight excluding hydrogens is 262 g/mol. The molecule has 0 aliphatic carbocycles. The molecule has 3 nitrogen and oxygen atoms in total. The molecule has 1 aromatic heterocycles. The molecule has 112 valence electrons. The number of para-hydroxylation sites is 1. The fourth-order valence-electron chi connectivity index (χ4n) is 2.57. The summed E-state index contributed by atoms with van der Waals surface area (Å²) < 4.78 is 0. The molecule has 2 aromatic rings. The number of nitrogens with zero attached hydrogens (tertiary/aromatic N) is 1. The van der Waals surface area contributed by atoms with E-state index in [1.54, 1.807) is 0 Å². The van der Waals surface area contributed by atoms with Gasteiger partial charge in [-0.2, -0.15) is 0 Å². The van der Waals surface area contributed by atoms with Crippen LogP contribution in [-0.4, -0.2) is 16.1 Å². The Morgan fingerprint density at radius 3 is 2.48 bits per heavy atom. The third-order valence-corrected chi connectivity index (χ3v) is 3.80. The Hall–Kier alpha value is -1.90. The van der Waals surface area contributed by atoms with E-state index in [2.05, 4.69) is 45.9 Å². The fourth-order valence-corrected chi connectivity index (χ4v) is 2.57. The van der Waals surface area contributed by atoms with Crippen molar-refractivity contribution >= 4 is 16.9 Å². The Morgan fingerprint density at radius 1 is 1.19 bits per heavy atom. The first-order valence-electron chi connectivity index (χ1n) is 7.54. The summed E-state index contributed by atoms with van der Waals surface area (Å²) in [7, 11) is 0. The number of fused-ring (bicyclic) bond motifs is 1. The van der Waals surface area contributed by atoms with E-state index in [-0.39, 0.29) is 6.42 Å². The molecule has 0 unspecified atom stereocenters. The van der Waals surface area contributed by atoms with Gasteiger partial charge in [-0.1, -0.05) is 45.9 Å². The molecule has 1 N–H and O–H groups in total. The van der Waals surface area contributed by atoms with E-state index in [0.29, 0.717) is 18.3 Å². The molecule has 0 saturated heterocycles. The zero-order valence-corrected chi connectivity index (χ0v) is 13.2. The van der Waals surface area contributed by atoms with Gasteiger partial charge in [0.15, 0.2) is 0 Å². The Labute approximate surface area is 126 Å². The largest absolute Gasteiger partial charge is 0.481 e. The van der Waals surface area contributed by atoms with Crippen LogP contribution in [0.3, 0.4) is 0 Å². The van der Waals surface area contributed by atoms with Crippen molar-refractivity contribution < 1.29 is 9.90 Å². The second kappa shape index (κ2) is 6.25. The maximum Gasteiger partial charge on any atom is 0.303 e. The summed E-state index contributed by atoms with van der Waals surface area (Å²) in [5, 5.41) is 10.0. The van der Waals surface area contributed by atoms with Crippen molar-refractivity contribution in [3.8, 4) is 0 Å². The monoisotopic (exact) mass is 285 g/mol. The Balaban J connectivity index is 2.65. The lowest BCUT2D eigenvalue weighted by atomic mass is 9.94. The van der Waals surface area contributed by atoms with Crippen LogP contribution in [0.15, 0.2) is 24.3 Å². The lowest BCUT2D eigenvalue weighted by molar-refractivity contribution is -0.136. The number of rotatable bonds is 5. The number of aromatic nitrogens is 1. The van der Waals surface area contributed by atoms with Gasteiger partial charge in [0.05, 0.1) is 5.52 Å². The van der Waals surface area contributed by atoms with E-state index in [4.69, 9.17) is 10.1 Å². The summed E-state index contributed by atoms with van der Waals surface area (Å²) in [6.45, 7) is 8.56. The highest BCUT2D eigenvalue weighted by Crippen LogP contribution is 2.29. The van der Waals surface area contributed by atoms with Gasteiger partial charge in [-0.05, 0) is 35.4 Å². The second-order valence-electron chi connectivity index (χ2n) is 6.15. The summed E-state index contributed by atoms with van der Waals surface area (Å²) in [4.78, 5) is 15.7. The molecule has 0 fully saturated rings. The molecule has 0 aliphatic rings. The number of hydrogen-bond donors (Lipinski definition) is 1. The highest BCUT2D eigenvalue weighted by molar-refractivity contribution is 5.86. The highest BCUT2D eigenvalue weighted by atomic mass is 16.4. The molecule has 3 heteroatoms. The van der Waals surface area contributed by atoms with Crippen LogP contribution >= 0.6 is 0 Å². The molecular formula is C18H23NO2. The summed E-state index contributed by atoms with van der Waals surface area (Å²) in [6, 6.07) is 8.28. The third-order valence-electron chi connectivity index (χ3n) is 3.80. The number of hydrogen-bond acceptors (Lipinski definition) is 2. The van der Waals surface area contributed by atoms with Gasteiger partial charge in [0.2, 0.25) is 0 Å². The molecule has 1 aromatic carbocycles. The van der Waals surface area contributed by atoms with Crippen LogP contribution in [0.2, 0.25) is 0 Å². The summed E-state index contributed by atoms with van der Waals surface area (Å²) in [6.07, 6.45) is 0.707. The van der Waals surface area contributed by atoms with E-state index in [1.165, 1.54) is 5.56 Å². The van der Waals surface area contributed by atoms with Crippen molar-refractivity contribution in [1.29, 1.82) is 0 Å². The number of benzene rings is 1. The van der Waals surface area contributed by atoms with Gasteiger partial charge in [0.25, 0.3) is 0 Å². The van der Waals surface area contributed by atoms with Crippen LogP contribution in [0.25, 0.3) is 10.9 Å². The molecule has 0 aliphatic heterocycles. The van der Waals surface area contributed by atoms with Crippen LogP contribution < -0.4 is 0 Å². The number of aliphatic carboxylic acids is 1. The lowest BCUT2D eigenvalue weighted by Gasteiger charge is -2.15. The molecule has 0 saturated carbocycles. The standard InChI is InChI=1S/C18H23NO2/c1-11(2)14-6-5-7-15-13(8-9-17(20)21)10-16(12(3)4)19-18(14)15/h5-7,10-12H,8-9H2,1-4H3,(H,20,21). The van der Waals surface area contributed by atoms with Crippen LogP contribution in [-0.2, 0) is 11.2 Å². The third kappa shape index (κ3) is 3.41. The van der Waals surface area contributed by atoms with Crippen LogP contribution in [0.5, 0.6) is 0 Å². The SMILES string of the molecule is CC(C)c1cc(CCC(=O)O)c2cccc(C(C)C)c2n1. The van der Waals surface area contributed by atoms with Gasteiger partial charge in [-0.15, -0.1) is 0 Å². The maximum atomic E-state index is 10.9. The van der Waals surface area contributed by atoms with Crippen molar-refractivity contribution in [3.05, 3.63) is 41.1 Å². The summed E-state index contributed by atoms with van der Waals surface area (Å²) >= 11 is 0. The molecule has 0 atom stereocenters. The predicted octanol–water partition coefficient (Wildman–Crippen LogP) is 4.50. The van der Waals surface area contributed by atoms with Gasteiger partial charge in [-0.25, -0.2) is 0 Å². The molecule has 0 radical (unpaired) electrons. The minimum Gasteiger partial charge on any atom is -0.481 e. The van der Waals surface area contributed by atoms with E-state index in [0.717, 1.165) is 22.2 Å². The fraction of sp³-hybridized carbons (Fsp3) is 0.444. The Kier molecular flexibility index (Phi) is 4.61. The minimum atomic E-state index is -0.758. The normalized spacial score (nSPS) is 11.5. The number of pyridine rings is 1. The number of carbonyl (C=O) groups is 1. The summed E-state index contributed by atoms with van der Waals surface area (Å²) in [5.41, 5.74) is 4.38. The molecule has 0 bridgehead atoms. The van der Waals surface area contributed by atoms with Gasteiger partial charge in [-0.3, -0.25) is 9.78 Å². The smallest absolute Gasteiger partial charge is 0.303 e. The van der Waals surface area contributed by atoms with Crippen LogP contribution in [0, 0.1) is 0 Å². The Morgan fingerprint density at radius 2 is 1.90 bits per heavy atom. The zero-order chi connectivity index (χ0) is 15.6. The van der Waals surface area contributed by atoms with E-state index < -0.39 is 5.97 Å². The van der Waals surface area contributed by atoms with Crippen molar-refractivity contribution in [2.45, 2.75) is 52.4 Å². The molecule has 2 rings (SSSR count). The highest BCUT2D eigenvalue weighted by Gasteiger charge is 2.13. The topological polar surface area (TPSA) is 50.2 Å². The van der Waals surface area contributed by atoms with Gasteiger partial charge in [0, 0.05) is 17.5 Å². The van der Waals surface area contributed by atoms with Crippen molar-refractivity contribution in [2.75, 3.05) is 0 Å². The van der Waals surface area contributed by atoms with Crippen LogP contribution in [0.4, 0.5) is 0 Å². The minimum absolute atomic E-state index is 0.155. The van der Waals surface area contributed by atoms with E-state index in [9.17, 15) is 4.79 Å². The number of carboxylic acid groups (broad SMARTS) is 1. The molecule has 21 heavy (non-hydrogen) atoms. The Bertz CT molecular complexity index is 660. The molecule has 0 amide bonds. The second-order valence-corrected chi connectivity index (χ2v) is 6.15. The average Bonchev–Trinajstić information content (AvgIpc) is 2.43. The number of aryl methyl sites for hydroxylation is 1. The van der Waals surface area contributed by atoms with Gasteiger partial charge < -0.3 is 5.11 Å². The van der Waals surface area contributed by atoms with E-state index in [1.807, 2.05) is 6.07 Å². The molecule has 0 spiro atoms. The molecule has 1 heterocycles. The van der Waals surface area contributed by atoms with Gasteiger partial charge >= 0.3 is 5.97 Å². The van der Waals surface area contributed by atoms with Crippen molar-refractivity contribution in [1.82, 2.24) is 4.98 Å². The quantitative estimate of drug-likeness (QED) is 0.880. The van der Waals surface area contributed by atoms with Crippen molar-refractivity contribution in [2.24, 2.45) is 0 Å². The predicted molar refractivity (Wildman–Crippen MR) is 85.9 cm³/mol.